The van der Waals surface area contributed by atoms with Crippen molar-refractivity contribution in [2.24, 2.45) is 5.92 Å². The monoisotopic (exact) mass is 264 g/mol. The molecular weight excluding hydrogens is 240 g/mol. The molecule has 0 fully saturated rings. The number of rotatable bonds is 8. The first kappa shape index (κ1) is 15.3. The van der Waals surface area contributed by atoms with Gasteiger partial charge >= 0.3 is 0 Å². The first-order valence-corrected chi connectivity index (χ1v) is 7.89. The van der Waals surface area contributed by atoms with Crippen LogP contribution in [0.2, 0.25) is 0 Å². The van der Waals surface area contributed by atoms with E-state index in [1.165, 1.54) is 30.6 Å². The molecule has 0 saturated heterocycles. The topological polar surface area (TPSA) is 17.1 Å². The van der Waals surface area contributed by atoms with Crippen molar-refractivity contribution in [1.29, 1.82) is 0 Å². The van der Waals surface area contributed by atoms with Crippen molar-refractivity contribution in [2.45, 2.75) is 51.3 Å². The lowest BCUT2D eigenvalue weighted by Gasteiger charge is -2.13. The fourth-order valence-corrected chi connectivity index (χ4v) is 3.13. The summed E-state index contributed by atoms with van der Waals surface area (Å²) in [7, 11) is 0. The van der Waals surface area contributed by atoms with Crippen LogP contribution >= 0.6 is 11.8 Å². The molecule has 0 aliphatic heterocycles. The van der Waals surface area contributed by atoms with Crippen LogP contribution in [0.4, 0.5) is 0 Å². The zero-order valence-electron chi connectivity index (χ0n) is 11.7. The molecule has 18 heavy (non-hydrogen) atoms. The third-order valence-electron chi connectivity index (χ3n) is 3.27. The number of hydrogen-bond donors (Lipinski definition) is 0. The Hall–Kier alpha value is -0.760. The second-order valence-corrected chi connectivity index (χ2v) is 5.90. The lowest BCUT2D eigenvalue weighted by atomic mass is 10.0. The van der Waals surface area contributed by atoms with Crippen LogP contribution in [-0.2, 0) is 0 Å². The van der Waals surface area contributed by atoms with Gasteiger partial charge in [0.2, 0.25) is 0 Å². The maximum absolute atomic E-state index is 11.3. The lowest BCUT2D eigenvalue weighted by molar-refractivity contribution is 0.101. The molecule has 0 spiro atoms. The van der Waals surface area contributed by atoms with Crippen LogP contribution in [0.3, 0.4) is 0 Å². The van der Waals surface area contributed by atoms with Crippen molar-refractivity contribution < 1.29 is 4.79 Å². The van der Waals surface area contributed by atoms with Gasteiger partial charge in [0, 0.05) is 16.2 Å². The number of carbonyl (C=O) groups is 1. The molecule has 2 heteroatoms. The third-order valence-corrected chi connectivity index (χ3v) is 4.49. The summed E-state index contributed by atoms with van der Waals surface area (Å²) in [5, 5.41) is 0. The summed E-state index contributed by atoms with van der Waals surface area (Å²) < 4.78 is 0. The largest absolute Gasteiger partial charge is 0.295 e. The Morgan fingerprint density at radius 1 is 1.33 bits per heavy atom. The van der Waals surface area contributed by atoms with E-state index in [-0.39, 0.29) is 5.78 Å². The molecule has 0 saturated carbocycles. The molecule has 1 rings (SSSR count). The predicted molar refractivity (Wildman–Crippen MR) is 80.5 cm³/mol. The van der Waals surface area contributed by atoms with Gasteiger partial charge in [-0.3, -0.25) is 4.79 Å². The zero-order valence-corrected chi connectivity index (χ0v) is 12.6. The Kier molecular flexibility index (Phi) is 7.11. The van der Waals surface area contributed by atoms with E-state index >= 15 is 0 Å². The molecule has 0 N–H and O–H groups in total. The number of benzene rings is 1. The van der Waals surface area contributed by atoms with E-state index in [0.717, 1.165) is 17.2 Å². The van der Waals surface area contributed by atoms with Crippen LogP contribution in [0.5, 0.6) is 0 Å². The fourth-order valence-electron chi connectivity index (χ4n) is 1.92. The Bertz CT molecular complexity index is 373. The second-order valence-electron chi connectivity index (χ2n) is 4.81. The van der Waals surface area contributed by atoms with Gasteiger partial charge in [-0.15, -0.1) is 11.8 Å². The third kappa shape index (κ3) is 5.26. The summed E-state index contributed by atoms with van der Waals surface area (Å²) >= 11 is 1.88. The SMILES string of the molecule is CCCCC(CC)CSc1cccc(C(C)=O)c1. The van der Waals surface area contributed by atoms with Crippen molar-refractivity contribution in [3.05, 3.63) is 29.8 Å². The smallest absolute Gasteiger partial charge is 0.159 e. The minimum atomic E-state index is 0.149. The molecule has 0 radical (unpaired) electrons. The van der Waals surface area contributed by atoms with Crippen molar-refractivity contribution in [2.75, 3.05) is 5.75 Å². The fraction of sp³-hybridized carbons (Fsp3) is 0.562. The highest BCUT2D eigenvalue weighted by Gasteiger charge is 2.07. The Labute approximate surface area is 115 Å². The second kappa shape index (κ2) is 8.36. The van der Waals surface area contributed by atoms with E-state index < -0.39 is 0 Å². The number of carbonyl (C=O) groups excluding carboxylic acids is 1. The van der Waals surface area contributed by atoms with Crippen LogP contribution in [0.25, 0.3) is 0 Å². The maximum atomic E-state index is 11.3. The van der Waals surface area contributed by atoms with Gasteiger partial charge in [-0.05, 0) is 31.4 Å². The highest BCUT2D eigenvalue weighted by atomic mass is 32.2. The van der Waals surface area contributed by atoms with Gasteiger partial charge in [0.05, 0.1) is 0 Å². The predicted octanol–water partition coefficient (Wildman–Crippen LogP) is 5.20. The Morgan fingerprint density at radius 3 is 2.72 bits per heavy atom. The Balaban J connectivity index is 2.51. The van der Waals surface area contributed by atoms with Crippen molar-refractivity contribution in [1.82, 2.24) is 0 Å². The molecule has 0 heterocycles. The molecule has 0 aliphatic rings. The van der Waals surface area contributed by atoms with Gasteiger partial charge in [0.15, 0.2) is 5.78 Å². The molecule has 1 aromatic carbocycles. The molecule has 1 nitrogen and oxygen atoms in total. The van der Waals surface area contributed by atoms with E-state index in [2.05, 4.69) is 19.9 Å². The first-order valence-electron chi connectivity index (χ1n) is 6.91. The summed E-state index contributed by atoms with van der Waals surface area (Å²) in [5.41, 5.74) is 0.821. The lowest BCUT2D eigenvalue weighted by Crippen LogP contribution is -2.02. The average Bonchev–Trinajstić information content (AvgIpc) is 2.39. The summed E-state index contributed by atoms with van der Waals surface area (Å²) in [4.78, 5) is 12.5. The van der Waals surface area contributed by atoms with Gasteiger partial charge in [0.1, 0.15) is 0 Å². The molecule has 0 bridgehead atoms. The molecule has 100 valence electrons. The van der Waals surface area contributed by atoms with E-state index in [4.69, 9.17) is 0 Å². The average molecular weight is 264 g/mol. The molecule has 0 aromatic heterocycles. The number of hydrogen-bond acceptors (Lipinski definition) is 2. The van der Waals surface area contributed by atoms with Crippen molar-refractivity contribution in [3.8, 4) is 0 Å². The molecule has 0 aliphatic carbocycles. The summed E-state index contributed by atoms with van der Waals surface area (Å²) in [6.45, 7) is 6.14. The summed E-state index contributed by atoms with van der Waals surface area (Å²) in [6.07, 6.45) is 5.18. The number of Topliss-reactive ketones (excluding diaryl/α,β-unsaturated/α-hetero) is 1. The van der Waals surface area contributed by atoms with Gasteiger partial charge in [-0.25, -0.2) is 0 Å². The van der Waals surface area contributed by atoms with Gasteiger partial charge in [-0.1, -0.05) is 45.2 Å². The van der Waals surface area contributed by atoms with Crippen molar-refractivity contribution >= 4 is 17.5 Å². The first-order chi connectivity index (χ1) is 8.67. The molecule has 1 aromatic rings. The van der Waals surface area contributed by atoms with Crippen LogP contribution in [-0.4, -0.2) is 11.5 Å². The zero-order chi connectivity index (χ0) is 13.4. The summed E-state index contributed by atoms with van der Waals surface area (Å²) in [5.74, 6) is 2.11. The van der Waals surface area contributed by atoms with Crippen molar-refractivity contribution in [3.63, 3.8) is 0 Å². The van der Waals surface area contributed by atoms with Gasteiger partial charge in [0.25, 0.3) is 0 Å². The molecule has 0 amide bonds. The Morgan fingerprint density at radius 2 is 2.11 bits per heavy atom. The van der Waals surface area contributed by atoms with Crippen LogP contribution in [0.15, 0.2) is 29.2 Å². The molecule has 1 atom stereocenters. The number of ketones is 1. The van der Waals surface area contributed by atoms with Crippen LogP contribution in [0, 0.1) is 5.92 Å². The number of thioether (sulfide) groups is 1. The quantitative estimate of drug-likeness (QED) is 0.474. The van der Waals surface area contributed by atoms with E-state index in [1.54, 1.807) is 6.92 Å². The minimum absolute atomic E-state index is 0.149. The standard InChI is InChI=1S/C16H24OS/c1-4-6-8-14(5-2)12-18-16-10-7-9-15(11-16)13(3)17/h7,9-11,14H,4-6,8,12H2,1-3H3. The maximum Gasteiger partial charge on any atom is 0.159 e. The number of unbranched alkanes of at least 4 members (excludes halogenated alkanes) is 1. The summed E-state index contributed by atoms with van der Waals surface area (Å²) in [6, 6.07) is 7.98. The van der Waals surface area contributed by atoms with Gasteiger partial charge in [-0.2, -0.15) is 0 Å². The van der Waals surface area contributed by atoms with Gasteiger partial charge < -0.3 is 0 Å². The molecule has 1 unspecified atom stereocenters. The highest BCUT2D eigenvalue weighted by molar-refractivity contribution is 7.99. The normalized spacial score (nSPS) is 12.4. The van der Waals surface area contributed by atoms with E-state index in [1.807, 2.05) is 30.0 Å². The van der Waals surface area contributed by atoms with E-state index in [9.17, 15) is 4.79 Å². The highest BCUT2D eigenvalue weighted by Crippen LogP contribution is 2.25. The molecular formula is C16H24OS. The van der Waals surface area contributed by atoms with Crippen LogP contribution < -0.4 is 0 Å². The minimum Gasteiger partial charge on any atom is -0.295 e. The van der Waals surface area contributed by atoms with E-state index in [0.29, 0.717) is 0 Å². The van der Waals surface area contributed by atoms with Crippen LogP contribution in [0.1, 0.15) is 56.8 Å².